The van der Waals surface area contributed by atoms with Crippen molar-refractivity contribution in [1.82, 2.24) is 14.6 Å². The monoisotopic (exact) mass is 435 g/mol. The predicted octanol–water partition coefficient (Wildman–Crippen LogP) is 4.18. The van der Waals surface area contributed by atoms with Gasteiger partial charge in [0, 0.05) is 34.5 Å². The minimum Gasteiger partial charge on any atom is -0.497 e. The Morgan fingerprint density at radius 1 is 1.09 bits per heavy atom. The number of aromatic nitrogens is 2. The van der Waals surface area contributed by atoms with Crippen LogP contribution in [-0.2, 0) is 0 Å². The van der Waals surface area contributed by atoms with Gasteiger partial charge in [0.2, 0.25) is 0 Å². The molecule has 4 rings (SSSR count). The van der Waals surface area contributed by atoms with E-state index in [0.29, 0.717) is 17.9 Å². The highest BCUT2D eigenvalue weighted by Gasteiger charge is 2.28. The van der Waals surface area contributed by atoms with E-state index >= 15 is 0 Å². The van der Waals surface area contributed by atoms with Gasteiger partial charge in [-0.1, -0.05) is 5.16 Å². The quantitative estimate of drug-likeness (QED) is 0.518. The van der Waals surface area contributed by atoms with E-state index in [1.807, 2.05) is 61.7 Å². The average Bonchev–Trinajstić information content (AvgIpc) is 3.35. The molecule has 0 N–H and O–H groups in total. The fourth-order valence-electron chi connectivity index (χ4n) is 4.49. The van der Waals surface area contributed by atoms with E-state index in [-0.39, 0.29) is 17.5 Å². The molecule has 1 aromatic carbocycles. The largest absolute Gasteiger partial charge is 0.497 e. The predicted molar refractivity (Wildman–Crippen MR) is 121 cm³/mol. The summed E-state index contributed by atoms with van der Waals surface area (Å²) in [5.74, 6) is 2.42. The second-order valence-corrected chi connectivity index (χ2v) is 8.48. The maximum Gasteiger partial charge on any atom is 0.180 e. The van der Waals surface area contributed by atoms with Crippen LogP contribution in [0, 0.1) is 26.7 Å². The van der Waals surface area contributed by atoms with Gasteiger partial charge in [-0.25, -0.2) is 0 Å². The van der Waals surface area contributed by atoms with Gasteiger partial charge in [-0.05, 0) is 77.0 Å². The molecule has 0 spiro atoms. The third kappa shape index (κ3) is 4.39. The van der Waals surface area contributed by atoms with Crippen molar-refractivity contribution in [2.45, 2.75) is 33.6 Å². The third-order valence-electron chi connectivity index (χ3n) is 6.28. The summed E-state index contributed by atoms with van der Waals surface area (Å²) in [5.41, 5.74) is 3.24. The first-order valence-corrected chi connectivity index (χ1v) is 10.9. The van der Waals surface area contributed by atoms with Gasteiger partial charge >= 0.3 is 0 Å². The number of piperidine rings is 1. The maximum absolute atomic E-state index is 13.1. The molecule has 0 aliphatic carbocycles. The van der Waals surface area contributed by atoms with Gasteiger partial charge in [-0.2, -0.15) is 0 Å². The smallest absolute Gasteiger partial charge is 0.180 e. The lowest BCUT2D eigenvalue weighted by Gasteiger charge is -2.30. The molecule has 3 aromatic rings. The molecule has 0 radical (unpaired) electrons. The summed E-state index contributed by atoms with van der Waals surface area (Å²) < 4.78 is 12.3. The van der Waals surface area contributed by atoms with Crippen LogP contribution in [0.2, 0.25) is 0 Å². The zero-order valence-electron chi connectivity index (χ0n) is 19.1. The number of hydrogen-bond acceptors (Lipinski definition) is 6. The Hall–Kier alpha value is -3.19. The molecule has 1 saturated heterocycles. The second-order valence-electron chi connectivity index (χ2n) is 8.48. The molecule has 0 unspecified atom stereocenters. The van der Waals surface area contributed by atoms with E-state index in [1.54, 1.807) is 7.11 Å². The molecule has 0 atom stereocenters. The standard InChI is InChI=1S/C25H29N3O4/c1-16-13-22(18(3)28(16)24-14-17(2)32-26-24)23(29)15-27-11-9-20(10-12-27)25(30)19-5-7-21(31-4)8-6-19/h5-8,13-14,20H,9-12,15H2,1-4H3. The van der Waals surface area contributed by atoms with Crippen LogP contribution in [0.25, 0.3) is 5.82 Å². The molecule has 1 aliphatic rings. The van der Waals surface area contributed by atoms with E-state index in [4.69, 9.17) is 9.26 Å². The molecular weight excluding hydrogens is 406 g/mol. The number of aryl methyl sites for hydroxylation is 2. The van der Waals surface area contributed by atoms with E-state index < -0.39 is 0 Å². The highest BCUT2D eigenvalue weighted by atomic mass is 16.5. The molecule has 0 saturated carbocycles. The molecule has 32 heavy (non-hydrogen) atoms. The number of ketones is 2. The van der Waals surface area contributed by atoms with Crippen LogP contribution in [-0.4, -0.2) is 52.9 Å². The number of hydrogen-bond donors (Lipinski definition) is 0. The first-order chi connectivity index (χ1) is 15.4. The molecule has 0 bridgehead atoms. The summed E-state index contributed by atoms with van der Waals surface area (Å²) in [4.78, 5) is 28.0. The van der Waals surface area contributed by atoms with Crippen LogP contribution in [0.1, 0.15) is 50.7 Å². The fraction of sp³-hybridized carbons (Fsp3) is 0.400. The zero-order chi connectivity index (χ0) is 22.8. The highest BCUT2D eigenvalue weighted by Crippen LogP contribution is 2.25. The number of methoxy groups -OCH3 is 1. The van der Waals surface area contributed by atoms with Crippen molar-refractivity contribution in [2.75, 3.05) is 26.7 Å². The Labute approximate surface area is 187 Å². The summed E-state index contributed by atoms with van der Waals surface area (Å²) in [6, 6.07) is 11.1. The summed E-state index contributed by atoms with van der Waals surface area (Å²) >= 11 is 0. The first-order valence-electron chi connectivity index (χ1n) is 10.9. The molecule has 0 amide bonds. The molecular formula is C25H29N3O4. The summed E-state index contributed by atoms with van der Waals surface area (Å²) in [6.45, 7) is 7.57. The van der Waals surface area contributed by atoms with Crippen LogP contribution < -0.4 is 4.74 Å². The molecule has 1 aliphatic heterocycles. The minimum absolute atomic E-state index is 0.00443. The molecule has 3 heterocycles. The van der Waals surface area contributed by atoms with Gasteiger partial charge < -0.3 is 9.26 Å². The van der Waals surface area contributed by atoms with Crippen LogP contribution >= 0.6 is 0 Å². The Morgan fingerprint density at radius 2 is 1.78 bits per heavy atom. The number of likely N-dealkylation sites (tertiary alicyclic amines) is 1. The molecule has 2 aromatic heterocycles. The van der Waals surface area contributed by atoms with Gasteiger partial charge in [0.05, 0.1) is 13.7 Å². The van der Waals surface area contributed by atoms with Crippen molar-refractivity contribution in [3.63, 3.8) is 0 Å². The number of Topliss-reactive ketones (excluding diaryl/α,β-unsaturated/α-hetero) is 2. The second kappa shape index (κ2) is 9.12. The van der Waals surface area contributed by atoms with Crippen LogP contribution in [0.5, 0.6) is 5.75 Å². The third-order valence-corrected chi connectivity index (χ3v) is 6.28. The van der Waals surface area contributed by atoms with E-state index in [2.05, 4.69) is 10.1 Å². The van der Waals surface area contributed by atoms with Crippen molar-refractivity contribution in [2.24, 2.45) is 5.92 Å². The average molecular weight is 436 g/mol. The van der Waals surface area contributed by atoms with E-state index in [9.17, 15) is 9.59 Å². The van der Waals surface area contributed by atoms with Gasteiger partial charge in [-0.15, -0.1) is 0 Å². The molecule has 7 nitrogen and oxygen atoms in total. The maximum atomic E-state index is 13.1. The fourth-order valence-corrected chi connectivity index (χ4v) is 4.49. The number of rotatable bonds is 7. The van der Waals surface area contributed by atoms with Gasteiger partial charge in [-0.3, -0.25) is 19.1 Å². The Balaban J connectivity index is 1.37. The van der Waals surface area contributed by atoms with Crippen molar-refractivity contribution < 1.29 is 18.8 Å². The number of carbonyl (C=O) groups excluding carboxylic acids is 2. The summed E-state index contributed by atoms with van der Waals surface area (Å²) in [7, 11) is 1.61. The summed E-state index contributed by atoms with van der Waals surface area (Å²) in [6.07, 6.45) is 1.52. The molecule has 7 heteroatoms. The minimum atomic E-state index is -0.00443. The highest BCUT2D eigenvalue weighted by molar-refractivity contribution is 5.99. The van der Waals surface area contributed by atoms with Crippen molar-refractivity contribution in [1.29, 1.82) is 0 Å². The zero-order valence-corrected chi connectivity index (χ0v) is 19.1. The lowest BCUT2D eigenvalue weighted by Crippen LogP contribution is -2.39. The Kier molecular flexibility index (Phi) is 6.28. The van der Waals surface area contributed by atoms with Crippen molar-refractivity contribution in [3.05, 3.63) is 64.7 Å². The van der Waals surface area contributed by atoms with Gasteiger partial charge in [0.1, 0.15) is 11.5 Å². The van der Waals surface area contributed by atoms with Gasteiger partial charge in [0.25, 0.3) is 0 Å². The topological polar surface area (TPSA) is 77.6 Å². The van der Waals surface area contributed by atoms with E-state index in [1.165, 1.54) is 0 Å². The summed E-state index contributed by atoms with van der Waals surface area (Å²) in [5, 5.41) is 4.08. The SMILES string of the molecule is COc1ccc(C(=O)C2CCN(CC(=O)c3cc(C)n(-c4cc(C)on4)c3C)CC2)cc1. The lowest BCUT2D eigenvalue weighted by molar-refractivity contribution is 0.0805. The number of nitrogens with zero attached hydrogens (tertiary/aromatic N) is 3. The number of carbonyl (C=O) groups is 2. The number of benzene rings is 1. The van der Waals surface area contributed by atoms with E-state index in [0.717, 1.165) is 54.4 Å². The molecule has 1 fully saturated rings. The van der Waals surface area contributed by atoms with Crippen LogP contribution in [0.4, 0.5) is 0 Å². The lowest BCUT2D eigenvalue weighted by atomic mass is 9.88. The van der Waals surface area contributed by atoms with Crippen molar-refractivity contribution in [3.8, 4) is 11.6 Å². The first kappa shape index (κ1) is 22.0. The molecule has 168 valence electrons. The van der Waals surface area contributed by atoms with Gasteiger partial charge in [0.15, 0.2) is 17.4 Å². The van der Waals surface area contributed by atoms with Crippen LogP contribution in [0.15, 0.2) is 40.9 Å². The normalized spacial score (nSPS) is 15.1. The number of ether oxygens (including phenoxy) is 1. The Morgan fingerprint density at radius 3 is 2.38 bits per heavy atom. The van der Waals surface area contributed by atoms with Crippen LogP contribution in [0.3, 0.4) is 0 Å². The van der Waals surface area contributed by atoms with Crippen molar-refractivity contribution >= 4 is 11.6 Å². The Bertz CT molecular complexity index is 1120.